The van der Waals surface area contributed by atoms with Gasteiger partial charge < -0.3 is 19.5 Å². The highest BCUT2D eigenvalue weighted by atomic mass is 35.5. The van der Waals surface area contributed by atoms with Crippen LogP contribution in [0, 0.1) is 0 Å². The highest BCUT2D eigenvalue weighted by Crippen LogP contribution is 2.44. The van der Waals surface area contributed by atoms with E-state index in [4.69, 9.17) is 14.2 Å². The first-order valence-corrected chi connectivity index (χ1v) is 7.39. The smallest absolute Gasteiger partial charge is 0.240 e. The molecule has 0 radical (unpaired) electrons. The zero-order valence-corrected chi connectivity index (χ0v) is 13.7. The third kappa shape index (κ3) is 3.97. The molecule has 0 amide bonds. The Labute approximate surface area is 140 Å². The van der Waals surface area contributed by atoms with E-state index >= 15 is 0 Å². The van der Waals surface area contributed by atoms with E-state index in [0.717, 1.165) is 31.7 Å². The molecule has 0 spiro atoms. The summed E-state index contributed by atoms with van der Waals surface area (Å²) in [6, 6.07) is 3.22. The minimum absolute atomic E-state index is 0. The molecule has 0 aromatic heterocycles. The first-order valence-electron chi connectivity index (χ1n) is 7.39. The van der Waals surface area contributed by atoms with Gasteiger partial charge in [0.05, 0.1) is 7.11 Å². The number of piperazine rings is 1. The predicted octanol–water partition coefficient (Wildman–Crippen LogP) is 2.45. The normalized spacial score (nSPS) is 18.6. The average molecular weight is 351 g/mol. The maximum absolute atomic E-state index is 13.1. The fourth-order valence-corrected chi connectivity index (χ4v) is 3.00. The SMILES string of the molecule is COc1cc([C@@H](CC(F)F)N2CCNCC2)cc2c1OCO2.Cl. The molecule has 23 heavy (non-hydrogen) atoms. The van der Waals surface area contributed by atoms with Gasteiger partial charge in [0.15, 0.2) is 11.5 Å². The highest BCUT2D eigenvalue weighted by Gasteiger charge is 2.29. The number of nitrogens with zero attached hydrogens (tertiary/aromatic N) is 1. The number of benzene rings is 1. The molecule has 8 heteroatoms. The monoisotopic (exact) mass is 350 g/mol. The van der Waals surface area contributed by atoms with E-state index in [9.17, 15) is 8.78 Å². The van der Waals surface area contributed by atoms with Crippen molar-refractivity contribution in [2.24, 2.45) is 0 Å². The summed E-state index contributed by atoms with van der Waals surface area (Å²) in [5, 5.41) is 3.24. The lowest BCUT2D eigenvalue weighted by Crippen LogP contribution is -2.45. The van der Waals surface area contributed by atoms with Crippen molar-refractivity contribution in [1.29, 1.82) is 0 Å². The lowest BCUT2D eigenvalue weighted by Gasteiger charge is -2.35. The van der Waals surface area contributed by atoms with Crippen LogP contribution < -0.4 is 19.5 Å². The zero-order chi connectivity index (χ0) is 15.5. The quantitative estimate of drug-likeness (QED) is 0.883. The molecule has 1 N–H and O–H groups in total. The minimum Gasteiger partial charge on any atom is -0.493 e. The standard InChI is InChI=1S/C15H20F2N2O3.ClH/c1-20-12-6-10(7-13-15(12)22-9-21-13)11(8-14(16)17)19-4-2-18-3-5-19;/h6-7,11,14,18H,2-5,8-9H2,1H3;1H/t11-;/m1./s1. The lowest BCUT2D eigenvalue weighted by molar-refractivity contribution is 0.0737. The molecule has 2 aliphatic rings. The second-order valence-corrected chi connectivity index (χ2v) is 5.39. The summed E-state index contributed by atoms with van der Waals surface area (Å²) in [5.74, 6) is 1.63. The van der Waals surface area contributed by atoms with E-state index in [1.807, 2.05) is 0 Å². The van der Waals surface area contributed by atoms with E-state index < -0.39 is 6.43 Å². The third-order valence-electron chi connectivity index (χ3n) is 4.06. The Morgan fingerprint density at radius 2 is 2.00 bits per heavy atom. The van der Waals surface area contributed by atoms with Gasteiger partial charge in [-0.25, -0.2) is 8.78 Å². The first kappa shape index (κ1) is 18.0. The summed E-state index contributed by atoms with van der Waals surface area (Å²) in [7, 11) is 1.54. The Hall–Kier alpha value is -1.31. The summed E-state index contributed by atoms with van der Waals surface area (Å²) >= 11 is 0. The molecule has 2 heterocycles. The number of alkyl halides is 2. The van der Waals surface area contributed by atoms with Crippen LogP contribution >= 0.6 is 12.4 Å². The average Bonchev–Trinajstić information content (AvgIpc) is 3.00. The van der Waals surface area contributed by atoms with Crippen molar-refractivity contribution >= 4 is 12.4 Å². The number of halogens is 3. The van der Waals surface area contributed by atoms with E-state index in [-0.39, 0.29) is 31.7 Å². The Bertz CT molecular complexity index is 528. The molecule has 0 saturated carbocycles. The van der Waals surface area contributed by atoms with Crippen LogP contribution in [-0.4, -0.2) is 51.4 Å². The molecule has 1 atom stereocenters. The van der Waals surface area contributed by atoms with Gasteiger partial charge in [0.1, 0.15) is 0 Å². The van der Waals surface area contributed by atoms with Crippen molar-refractivity contribution in [2.45, 2.75) is 18.9 Å². The van der Waals surface area contributed by atoms with Gasteiger partial charge in [0.2, 0.25) is 19.0 Å². The molecule has 1 aromatic rings. The van der Waals surface area contributed by atoms with Gasteiger partial charge in [-0.3, -0.25) is 4.90 Å². The van der Waals surface area contributed by atoms with Gasteiger partial charge in [-0.05, 0) is 17.7 Å². The molecule has 0 unspecified atom stereocenters. The minimum atomic E-state index is -2.36. The van der Waals surface area contributed by atoms with Gasteiger partial charge in [-0.2, -0.15) is 0 Å². The zero-order valence-electron chi connectivity index (χ0n) is 12.9. The molecule has 1 fully saturated rings. The lowest BCUT2D eigenvalue weighted by atomic mass is 10.00. The van der Waals surface area contributed by atoms with Gasteiger partial charge >= 0.3 is 0 Å². The number of ether oxygens (including phenoxy) is 3. The highest BCUT2D eigenvalue weighted by molar-refractivity contribution is 5.85. The maximum atomic E-state index is 13.1. The topological polar surface area (TPSA) is 43.0 Å². The molecular formula is C15H21ClF2N2O3. The van der Waals surface area contributed by atoms with Crippen molar-refractivity contribution < 1.29 is 23.0 Å². The van der Waals surface area contributed by atoms with Crippen LogP contribution in [0.25, 0.3) is 0 Å². The Balaban J connectivity index is 0.00000192. The fourth-order valence-electron chi connectivity index (χ4n) is 3.00. The second kappa shape index (κ2) is 7.99. The molecule has 3 rings (SSSR count). The van der Waals surface area contributed by atoms with Gasteiger partial charge in [0.25, 0.3) is 0 Å². The molecule has 1 aromatic carbocycles. The summed E-state index contributed by atoms with van der Waals surface area (Å²) in [6.45, 7) is 3.23. The van der Waals surface area contributed by atoms with Crippen molar-refractivity contribution in [3.63, 3.8) is 0 Å². The van der Waals surface area contributed by atoms with Gasteiger partial charge in [-0.15, -0.1) is 12.4 Å². The molecule has 0 bridgehead atoms. The molecule has 0 aliphatic carbocycles. The van der Waals surface area contributed by atoms with Gasteiger partial charge in [0, 0.05) is 38.6 Å². The number of hydrogen-bond donors (Lipinski definition) is 1. The number of methoxy groups -OCH3 is 1. The van der Waals surface area contributed by atoms with Crippen molar-refractivity contribution in [2.75, 3.05) is 40.1 Å². The number of fused-ring (bicyclic) bond motifs is 1. The van der Waals surface area contributed by atoms with Crippen LogP contribution in [0.15, 0.2) is 12.1 Å². The van der Waals surface area contributed by atoms with Crippen LogP contribution in [0.2, 0.25) is 0 Å². The maximum Gasteiger partial charge on any atom is 0.240 e. The Morgan fingerprint density at radius 1 is 1.26 bits per heavy atom. The van der Waals surface area contributed by atoms with E-state index in [0.29, 0.717) is 17.2 Å². The fraction of sp³-hybridized carbons (Fsp3) is 0.600. The van der Waals surface area contributed by atoms with E-state index in [1.54, 1.807) is 12.1 Å². The van der Waals surface area contributed by atoms with Crippen LogP contribution in [0.3, 0.4) is 0 Å². The first-order chi connectivity index (χ1) is 10.7. The number of hydrogen-bond acceptors (Lipinski definition) is 5. The van der Waals surface area contributed by atoms with Crippen LogP contribution in [-0.2, 0) is 0 Å². The van der Waals surface area contributed by atoms with E-state index in [1.165, 1.54) is 7.11 Å². The molecule has 130 valence electrons. The second-order valence-electron chi connectivity index (χ2n) is 5.39. The van der Waals surface area contributed by atoms with Crippen LogP contribution in [0.5, 0.6) is 17.2 Å². The van der Waals surface area contributed by atoms with Gasteiger partial charge in [-0.1, -0.05) is 0 Å². The summed E-state index contributed by atoms with van der Waals surface area (Å²) in [4.78, 5) is 2.08. The Morgan fingerprint density at radius 3 is 2.65 bits per heavy atom. The summed E-state index contributed by atoms with van der Waals surface area (Å²) in [5.41, 5.74) is 0.781. The third-order valence-corrected chi connectivity index (χ3v) is 4.06. The molecular weight excluding hydrogens is 330 g/mol. The van der Waals surface area contributed by atoms with E-state index in [2.05, 4.69) is 10.2 Å². The van der Waals surface area contributed by atoms with Crippen molar-refractivity contribution in [1.82, 2.24) is 10.2 Å². The summed E-state index contributed by atoms with van der Waals surface area (Å²) < 4.78 is 42.2. The van der Waals surface area contributed by atoms with Crippen LogP contribution in [0.1, 0.15) is 18.0 Å². The Kier molecular flexibility index (Phi) is 6.26. The number of rotatable bonds is 5. The number of nitrogens with one attached hydrogen (secondary N) is 1. The predicted molar refractivity (Wildman–Crippen MR) is 84.2 cm³/mol. The largest absolute Gasteiger partial charge is 0.493 e. The van der Waals surface area contributed by atoms with Crippen molar-refractivity contribution in [3.05, 3.63) is 17.7 Å². The van der Waals surface area contributed by atoms with Crippen molar-refractivity contribution in [3.8, 4) is 17.2 Å². The molecule has 2 aliphatic heterocycles. The molecule has 5 nitrogen and oxygen atoms in total. The summed E-state index contributed by atoms with van der Waals surface area (Å²) in [6.07, 6.45) is -2.57. The molecule has 1 saturated heterocycles. The van der Waals surface area contributed by atoms with Crippen LogP contribution in [0.4, 0.5) is 8.78 Å².